The standard InChI is InChI=1S/C26H29ClN6O5/c1-26(2,3)38-25(36)17-5-9-20(10-6-17)28-15-21(14-24(35)37-4)30-23(34)12-7-18-13-19(27)8-11-22(18)33-16-29-31-32-33/h5-13,16,21,28H,14-15H2,1-4H3,(H,30,34). The number of halogens is 1. The molecule has 1 atom stereocenters. The Bertz CT molecular complexity index is 1290. The summed E-state index contributed by atoms with van der Waals surface area (Å²) >= 11 is 6.13. The largest absolute Gasteiger partial charge is 0.469 e. The lowest BCUT2D eigenvalue weighted by Crippen LogP contribution is -2.40. The van der Waals surface area contributed by atoms with Gasteiger partial charge in [-0.1, -0.05) is 11.6 Å². The lowest BCUT2D eigenvalue weighted by atomic mass is 10.1. The summed E-state index contributed by atoms with van der Waals surface area (Å²) in [5.74, 6) is -1.32. The number of nitrogens with zero attached hydrogens (tertiary/aromatic N) is 4. The van der Waals surface area contributed by atoms with E-state index in [-0.39, 0.29) is 13.0 Å². The van der Waals surface area contributed by atoms with Gasteiger partial charge in [0, 0.05) is 28.9 Å². The summed E-state index contributed by atoms with van der Waals surface area (Å²) in [6.07, 6.45) is 4.29. The van der Waals surface area contributed by atoms with Crippen LogP contribution in [0.4, 0.5) is 5.69 Å². The minimum Gasteiger partial charge on any atom is -0.469 e. The average Bonchev–Trinajstić information content (AvgIpc) is 3.40. The summed E-state index contributed by atoms with van der Waals surface area (Å²) in [6, 6.07) is 11.2. The molecular weight excluding hydrogens is 512 g/mol. The van der Waals surface area contributed by atoms with Gasteiger partial charge in [-0.05, 0) is 79.7 Å². The maximum absolute atomic E-state index is 12.7. The molecule has 0 spiro atoms. The monoisotopic (exact) mass is 540 g/mol. The Kier molecular flexibility index (Phi) is 9.55. The van der Waals surface area contributed by atoms with Gasteiger partial charge in [0.15, 0.2) is 0 Å². The SMILES string of the molecule is COC(=O)CC(CNc1ccc(C(=O)OC(C)(C)C)cc1)NC(=O)C=Cc1cc(Cl)ccc1-n1cnnn1. The van der Waals surface area contributed by atoms with Crippen molar-refractivity contribution in [2.75, 3.05) is 19.0 Å². The first-order valence-electron chi connectivity index (χ1n) is 11.7. The number of amides is 1. The predicted octanol–water partition coefficient (Wildman–Crippen LogP) is 3.44. The summed E-state index contributed by atoms with van der Waals surface area (Å²) in [5.41, 5.74) is 1.77. The van der Waals surface area contributed by atoms with Gasteiger partial charge in [-0.2, -0.15) is 4.68 Å². The first kappa shape index (κ1) is 28.3. The number of esters is 2. The fraction of sp³-hybridized carbons (Fsp3) is 0.308. The van der Waals surface area contributed by atoms with Crippen molar-refractivity contribution in [2.45, 2.75) is 38.8 Å². The second-order valence-corrected chi connectivity index (χ2v) is 9.67. The lowest BCUT2D eigenvalue weighted by Gasteiger charge is -2.20. The van der Waals surface area contributed by atoms with Gasteiger partial charge in [0.05, 0.1) is 30.8 Å². The highest BCUT2D eigenvalue weighted by molar-refractivity contribution is 6.30. The number of ether oxygens (including phenoxy) is 2. The third kappa shape index (κ3) is 8.70. The van der Waals surface area contributed by atoms with Crippen LogP contribution in [0.25, 0.3) is 11.8 Å². The maximum atomic E-state index is 12.7. The van der Waals surface area contributed by atoms with Crippen molar-refractivity contribution >= 4 is 41.2 Å². The minimum absolute atomic E-state index is 0.0495. The van der Waals surface area contributed by atoms with E-state index in [4.69, 9.17) is 21.1 Å². The Balaban J connectivity index is 1.65. The van der Waals surface area contributed by atoms with Crippen LogP contribution in [0.5, 0.6) is 0 Å². The van der Waals surface area contributed by atoms with E-state index >= 15 is 0 Å². The van der Waals surface area contributed by atoms with E-state index in [1.807, 2.05) is 0 Å². The minimum atomic E-state index is -0.594. The highest BCUT2D eigenvalue weighted by Crippen LogP contribution is 2.20. The Hall–Kier alpha value is -4.25. The molecule has 0 aliphatic carbocycles. The molecule has 2 N–H and O–H groups in total. The molecule has 0 radical (unpaired) electrons. The Morgan fingerprint density at radius 1 is 1.13 bits per heavy atom. The molecular formula is C26H29ClN6O5. The summed E-state index contributed by atoms with van der Waals surface area (Å²) in [5, 5.41) is 17.6. The molecule has 2 aromatic carbocycles. The first-order valence-corrected chi connectivity index (χ1v) is 12.1. The Labute approximate surface area is 225 Å². The molecule has 0 aliphatic rings. The third-order valence-corrected chi connectivity index (χ3v) is 5.29. The van der Waals surface area contributed by atoms with Gasteiger partial charge in [0.2, 0.25) is 5.91 Å². The molecule has 0 aliphatic heterocycles. The molecule has 0 fully saturated rings. The average molecular weight is 541 g/mol. The quantitative estimate of drug-likeness (QED) is 0.292. The number of hydrogen-bond acceptors (Lipinski definition) is 9. The van der Waals surface area contributed by atoms with E-state index in [1.54, 1.807) is 69.3 Å². The molecule has 1 heterocycles. The van der Waals surface area contributed by atoms with Gasteiger partial charge in [0.25, 0.3) is 0 Å². The van der Waals surface area contributed by atoms with Gasteiger partial charge in [-0.15, -0.1) is 5.10 Å². The van der Waals surface area contributed by atoms with Gasteiger partial charge < -0.3 is 20.1 Å². The van der Waals surface area contributed by atoms with Crippen LogP contribution in [-0.4, -0.2) is 63.4 Å². The Morgan fingerprint density at radius 3 is 2.50 bits per heavy atom. The fourth-order valence-corrected chi connectivity index (χ4v) is 3.50. The van der Waals surface area contributed by atoms with Gasteiger partial charge in [-0.25, -0.2) is 4.79 Å². The molecule has 200 valence electrons. The molecule has 38 heavy (non-hydrogen) atoms. The molecule has 0 saturated heterocycles. The van der Waals surface area contributed by atoms with Crippen LogP contribution in [0.2, 0.25) is 5.02 Å². The molecule has 11 nitrogen and oxygen atoms in total. The normalized spacial score (nSPS) is 12.1. The van der Waals surface area contributed by atoms with Crippen LogP contribution in [0.3, 0.4) is 0 Å². The van der Waals surface area contributed by atoms with E-state index in [0.717, 1.165) is 0 Å². The first-order chi connectivity index (χ1) is 18.0. The Morgan fingerprint density at radius 2 is 1.87 bits per heavy atom. The molecule has 1 aromatic heterocycles. The van der Waals surface area contributed by atoms with Gasteiger partial charge in [-0.3, -0.25) is 9.59 Å². The van der Waals surface area contributed by atoms with Crippen molar-refractivity contribution in [1.82, 2.24) is 25.5 Å². The lowest BCUT2D eigenvalue weighted by molar-refractivity contribution is -0.141. The van der Waals surface area contributed by atoms with Crippen LogP contribution in [0.15, 0.2) is 54.9 Å². The van der Waals surface area contributed by atoms with Crippen molar-refractivity contribution in [1.29, 1.82) is 0 Å². The third-order valence-electron chi connectivity index (χ3n) is 5.06. The van der Waals surface area contributed by atoms with Crippen molar-refractivity contribution in [3.8, 4) is 5.69 Å². The van der Waals surface area contributed by atoms with Gasteiger partial charge >= 0.3 is 11.9 Å². The number of methoxy groups -OCH3 is 1. The molecule has 0 bridgehead atoms. The molecule has 0 saturated carbocycles. The highest BCUT2D eigenvalue weighted by atomic mass is 35.5. The van der Waals surface area contributed by atoms with Gasteiger partial charge in [0.1, 0.15) is 11.9 Å². The topological polar surface area (TPSA) is 137 Å². The number of benzene rings is 2. The number of carbonyl (C=O) groups excluding carboxylic acids is 3. The summed E-state index contributed by atoms with van der Waals surface area (Å²) in [6.45, 7) is 5.63. The second kappa shape index (κ2) is 12.8. The molecule has 1 amide bonds. The van der Waals surface area contributed by atoms with E-state index in [2.05, 4.69) is 26.2 Å². The zero-order chi connectivity index (χ0) is 27.7. The molecule has 1 unspecified atom stereocenters. The number of tetrazole rings is 1. The zero-order valence-corrected chi connectivity index (χ0v) is 22.2. The van der Waals surface area contributed by atoms with Crippen LogP contribution in [-0.2, 0) is 19.1 Å². The fourth-order valence-electron chi connectivity index (χ4n) is 3.31. The summed E-state index contributed by atoms with van der Waals surface area (Å²) < 4.78 is 11.6. The number of anilines is 1. The second-order valence-electron chi connectivity index (χ2n) is 9.24. The predicted molar refractivity (Wildman–Crippen MR) is 142 cm³/mol. The zero-order valence-electron chi connectivity index (χ0n) is 21.5. The van der Waals surface area contributed by atoms with Crippen molar-refractivity contribution in [3.05, 3.63) is 71.0 Å². The van der Waals surface area contributed by atoms with E-state index < -0.39 is 29.5 Å². The van der Waals surface area contributed by atoms with Crippen LogP contribution < -0.4 is 10.6 Å². The van der Waals surface area contributed by atoms with Crippen molar-refractivity contribution < 1.29 is 23.9 Å². The van der Waals surface area contributed by atoms with Crippen LogP contribution in [0.1, 0.15) is 43.1 Å². The van der Waals surface area contributed by atoms with E-state index in [1.165, 1.54) is 24.2 Å². The number of aromatic nitrogens is 4. The summed E-state index contributed by atoms with van der Waals surface area (Å²) in [7, 11) is 1.28. The van der Waals surface area contributed by atoms with Crippen LogP contribution >= 0.6 is 11.6 Å². The van der Waals surface area contributed by atoms with Crippen LogP contribution in [0, 0.1) is 0 Å². The number of carbonyl (C=O) groups is 3. The molecule has 3 rings (SSSR count). The van der Waals surface area contributed by atoms with E-state index in [9.17, 15) is 14.4 Å². The number of rotatable bonds is 10. The highest BCUT2D eigenvalue weighted by Gasteiger charge is 2.19. The maximum Gasteiger partial charge on any atom is 0.338 e. The van der Waals surface area contributed by atoms with Crippen molar-refractivity contribution in [3.63, 3.8) is 0 Å². The summed E-state index contributed by atoms with van der Waals surface area (Å²) in [4.78, 5) is 36.9. The molecule has 12 heteroatoms. The molecule has 3 aromatic rings. The number of hydrogen-bond donors (Lipinski definition) is 2. The van der Waals surface area contributed by atoms with Crippen molar-refractivity contribution in [2.24, 2.45) is 0 Å². The number of nitrogens with one attached hydrogen (secondary N) is 2. The smallest absolute Gasteiger partial charge is 0.338 e. The van der Waals surface area contributed by atoms with E-state index in [0.29, 0.717) is 27.5 Å².